The minimum Gasteiger partial charge on any atom is -0.466 e. The largest absolute Gasteiger partial charge is 0.466 e. The van der Waals surface area contributed by atoms with E-state index in [2.05, 4.69) is 15.9 Å². The molecule has 0 unspecified atom stereocenters. The molecule has 0 radical (unpaired) electrons. The first kappa shape index (κ1) is 19.4. The molecular formula is C15H27BrO4. The first-order valence-electron chi connectivity index (χ1n) is 7.58. The van der Waals surface area contributed by atoms with Gasteiger partial charge in [0.15, 0.2) is 0 Å². The Labute approximate surface area is 130 Å². The minimum absolute atomic E-state index is 0.214. The number of carbonyl (C=O) groups excluding carboxylic acids is 2. The summed E-state index contributed by atoms with van der Waals surface area (Å²) in [4.78, 5) is 22.4. The van der Waals surface area contributed by atoms with Gasteiger partial charge in [0, 0.05) is 18.2 Å². The summed E-state index contributed by atoms with van der Waals surface area (Å²) >= 11 is 3.41. The van der Waals surface area contributed by atoms with E-state index in [4.69, 9.17) is 9.47 Å². The van der Waals surface area contributed by atoms with Gasteiger partial charge in [-0.3, -0.25) is 9.59 Å². The fraction of sp³-hybridized carbons (Fsp3) is 0.867. The van der Waals surface area contributed by atoms with Gasteiger partial charge in [-0.15, -0.1) is 0 Å². The zero-order valence-corrected chi connectivity index (χ0v) is 14.1. The SMILES string of the molecule is CCOC(=O)CCCC(=O)OCCCCCCCCBr. The van der Waals surface area contributed by atoms with Crippen molar-refractivity contribution in [2.24, 2.45) is 0 Å². The highest BCUT2D eigenvalue weighted by Gasteiger charge is 2.06. The summed E-state index contributed by atoms with van der Waals surface area (Å²) in [6.45, 7) is 2.65. The van der Waals surface area contributed by atoms with Crippen LogP contribution in [0.15, 0.2) is 0 Å². The molecule has 0 N–H and O–H groups in total. The van der Waals surface area contributed by atoms with Crippen LogP contribution in [0.3, 0.4) is 0 Å². The smallest absolute Gasteiger partial charge is 0.305 e. The van der Waals surface area contributed by atoms with Crippen LogP contribution in [0.4, 0.5) is 0 Å². The second kappa shape index (κ2) is 14.8. The Bertz CT molecular complexity index is 256. The summed E-state index contributed by atoms with van der Waals surface area (Å²) in [5.41, 5.74) is 0. The average Bonchev–Trinajstić information content (AvgIpc) is 2.42. The van der Waals surface area contributed by atoms with Crippen molar-refractivity contribution in [2.75, 3.05) is 18.5 Å². The van der Waals surface area contributed by atoms with Crippen LogP contribution in [0.2, 0.25) is 0 Å². The van der Waals surface area contributed by atoms with Gasteiger partial charge in [0.25, 0.3) is 0 Å². The first-order valence-corrected chi connectivity index (χ1v) is 8.70. The summed E-state index contributed by atoms with van der Waals surface area (Å²) < 4.78 is 9.90. The molecule has 0 spiro atoms. The average molecular weight is 351 g/mol. The second-order valence-corrected chi connectivity index (χ2v) is 5.48. The van der Waals surface area contributed by atoms with E-state index in [1.165, 1.54) is 25.7 Å². The fourth-order valence-electron chi connectivity index (χ4n) is 1.77. The Kier molecular flexibility index (Phi) is 14.4. The Balaban J connectivity index is 3.26. The first-order chi connectivity index (χ1) is 9.70. The quantitative estimate of drug-likeness (QED) is 0.286. The standard InChI is InChI=1S/C15H27BrO4/c1-2-19-14(17)10-9-11-15(18)20-13-8-6-4-3-5-7-12-16/h2-13H2,1H3. The molecule has 0 saturated carbocycles. The van der Waals surface area contributed by atoms with Crippen LogP contribution >= 0.6 is 15.9 Å². The highest BCUT2D eigenvalue weighted by atomic mass is 79.9. The molecule has 0 aromatic rings. The molecule has 5 heteroatoms. The number of esters is 2. The topological polar surface area (TPSA) is 52.6 Å². The minimum atomic E-state index is -0.247. The molecule has 0 amide bonds. The zero-order chi connectivity index (χ0) is 15.1. The van der Waals surface area contributed by atoms with Gasteiger partial charge < -0.3 is 9.47 Å². The third-order valence-corrected chi connectivity index (χ3v) is 3.42. The third-order valence-electron chi connectivity index (χ3n) is 2.86. The molecule has 0 aliphatic heterocycles. The van der Waals surface area contributed by atoms with Crippen molar-refractivity contribution in [3.63, 3.8) is 0 Å². The fourth-order valence-corrected chi connectivity index (χ4v) is 2.17. The number of halogens is 1. The highest BCUT2D eigenvalue weighted by molar-refractivity contribution is 9.09. The molecule has 0 aromatic heterocycles. The predicted octanol–water partition coefficient (Wildman–Crippen LogP) is 4.00. The summed E-state index contributed by atoms with van der Waals surface area (Å²) in [7, 11) is 0. The van der Waals surface area contributed by atoms with Crippen LogP contribution in [0.25, 0.3) is 0 Å². The Morgan fingerprint density at radius 3 is 1.95 bits per heavy atom. The molecule has 0 saturated heterocycles. The van der Waals surface area contributed by atoms with Crippen LogP contribution in [0, 0.1) is 0 Å². The molecule has 0 aromatic carbocycles. The number of carbonyl (C=O) groups is 2. The Morgan fingerprint density at radius 2 is 1.35 bits per heavy atom. The van der Waals surface area contributed by atoms with E-state index >= 15 is 0 Å². The Hall–Kier alpha value is -0.580. The van der Waals surface area contributed by atoms with Gasteiger partial charge in [-0.25, -0.2) is 0 Å². The second-order valence-electron chi connectivity index (χ2n) is 4.69. The summed E-state index contributed by atoms with van der Waals surface area (Å²) in [5, 5.41) is 1.08. The number of rotatable bonds is 13. The van der Waals surface area contributed by atoms with Crippen LogP contribution in [-0.2, 0) is 19.1 Å². The number of ether oxygens (including phenoxy) is 2. The van der Waals surface area contributed by atoms with Gasteiger partial charge >= 0.3 is 11.9 Å². The van der Waals surface area contributed by atoms with E-state index in [0.717, 1.165) is 18.2 Å². The van der Waals surface area contributed by atoms with Crippen LogP contribution in [0.1, 0.15) is 64.7 Å². The van der Waals surface area contributed by atoms with E-state index in [1.54, 1.807) is 6.92 Å². The van der Waals surface area contributed by atoms with Crippen LogP contribution in [-0.4, -0.2) is 30.5 Å². The monoisotopic (exact) mass is 350 g/mol. The molecule has 0 atom stereocenters. The normalized spacial score (nSPS) is 10.3. The lowest BCUT2D eigenvalue weighted by Crippen LogP contribution is -2.08. The molecular weight excluding hydrogens is 324 g/mol. The lowest BCUT2D eigenvalue weighted by molar-refractivity contribution is -0.145. The van der Waals surface area contributed by atoms with E-state index in [9.17, 15) is 9.59 Å². The highest BCUT2D eigenvalue weighted by Crippen LogP contribution is 2.07. The Morgan fingerprint density at radius 1 is 0.800 bits per heavy atom. The summed E-state index contributed by atoms with van der Waals surface area (Å²) in [5.74, 6) is -0.461. The molecule has 0 aliphatic rings. The molecule has 0 aliphatic carbocycles. The number of hydrogen-bond donors (Lipinski definition) is 0. The molecule has 20 heavy (non-hydrogen) atoms. The molecule has 0 heterocycles. The molecule has 0 bridgehead atoms. The molecule has 4 nitrogen and oxygen atoms in total. The van der Waals surface area contributed by atoms with Crippen molar-refractivity contribution < 1.29 is 19.1 Å². The molecule has 118 valence electrons. The van der Waals surface area contributed by atoms with E-state index in [1.807, 2.05) is 0 Å². The van der Waals surface area contributed by atoms with Gasteiger partial charge in [-0.05, 0) is 26.2 Å². The molecule has 0 rings (SSSR count). The van der Waals surface area contributed by atoms with Crippen molar-refractivity contribution in [2.45, 2.75) is 64.7 Å². The van der Waals surface area contributed by atoms with Gasteiger partial charge in [0.2, 0.25) is 0 Å². The number of hydrogen-bond acceptors (Lipinski definition) is 4. The maximum absolute atomic E-state index is 11.4. The van der Waals surface area contributed by atoms with Crippen molar-refractivity contribution in [1.82, 2.24) is 0 Å². The number of alkyl halides is 1. The van der Waals surface area contributed by atoms with Crippen molar-refractivity contribution in [1.29, 1.82) is 0 Å². The number of unbranched alkanes of at least 4 members (excludes halogenated alkanes) is 5. The van der Waals surface area contributed by atoms with Crippen LogP contribution < -0.4 is 0 Å². The summed E-state index contributed by atoms with van der Waals surface area (Å²) in [6.07, 6.45) is 8.07. The van der Waals surface area contributed by atoms with Crippen molar-refractivity contribution in [3.8, 4) is 0 Å². The maximum atomic E-state index is 11.4. The third kappa shape index (κ3) is 13.8. The van der Waals surface area contributed by atoms with E-state index in [0.29, 0.717) is 26.1 Å². The van der Waals surface area contributed by atoms with Crippen LogP contribution in [0.5, 0.6) is 0 Å². The van der Waals surface area contributed by atoms with Crippen molar-refractivity contribution >= 4 is 27.9 Å². The molecule has 0 fully saturated rings. The predicted molar refractivity (Wildman–Crippen MR) is 82.9 cm³/mol. The zero-order valence-electron chi connectivity index (χ0n) is 12.5. The van der Waals surface area contributed by atoms with E-state index < -0.39 is 0 Å². The lowest BCUT2D eigenvalue weighted by Gasteiger charge is -2.05. The van der Waals surface area contributed by atoms with Gasteiger partial charge in [-0.1, -0.05) is 41.6 Å². The summed E-state index contributed by atoms with van der Waals surface area (Å²) in [6, 6.07) is 0. The van der Waals surface area contributed by atoms with Crippen molar-refractivity contribution in [3.05, 3.63) is 0 Å². The lowest BCUT2D eigenvalue weighted by atomic mass is 10.1. The van der Waals surface area contributed by atoms with Gasteiger partial charge in [0.1, 0.15) is 0 Å². The van der Waals surface area contributed by atoms with Gasteiger partial charge in [-0.2, -0.15) is 0 Å². The van der Waals surface area contributed by atoms with Gasteiger partial charge in [0.05, 0.1) is 13.2 Å². The maximum Gasteiger partial charge on any atom is 0.305 e. The van der Waals surface area contributed by atoms with E-state index in [-0.39, 0.29) is 18.4 Å².